The van der Waals surface area contributed by atoms with Gasteiger partial charge in [-0.3, -0.25) is 10.1 Å². The number of hydrogen-bond acceptors (Lipinski definition) is 8. The van der Waals surface area contributed by atoms with Crippen molar-refractivity contribution in [1.82, 2.24) is 15.1 Å². The van der Waals surface area contributed by atoms with E-state index in [0.29, 0.717) is 32.4 Å². The van der Waals surface area contributed by atoms with Crippen LogP contribution in [0.1, 0.15) is 19.3 Å². The molecule has 156 valence electrons. The van der Waals surface area contributed by atoms with Crippen LogP contribution in [0, 0.1) is 0 Å². The molecular formula is C18H23N5O4S2. The van der Waals surface area contributed by atoms with Crippen LogP contribution in [-0.4, -0.2) is 60.1 Å². The molecule has 2 heterocycles. The molecule has 1 aliphatic rings. The molecule has 3 rings (SSSR count). The molecule has 0 radical (unpaired) electrons. The van der Waals surface area contributed by atoms with Crippen molar-refractivity contribution < 1.29 is 19.1 Å². The summed E-state index contributed by atoms with van der Waals surface area (Å²) >= 11 is 2.56. The predicted molar refractivity (Wildman–Crippen MR) is 113 cm³/mol. The van der Waals surface area contributed by atoms with E-state index in [1.807, 2.05) is 4.90 Å². The van der Waals surface area contributed by atoms with Gasteiger partial charge in [0.05, 0.1) is 20.0 Å². The van der Waals surface area contributed by atoms with Gasteiger partial charge in [-0.2, -0.15) is 0 Å². The van der Waals surface area contributed by atoms with E-state index in [9.17, 15) is 9.59 Å². The van der Waals surface area contributed by atoms with Crippen LogP contribution in [0.3, 0.4) is 0 Å². The molecule has 1 saturated heterocycles. The first-order chi connectivity index (χ1) is 14.1. The fourth-order valence-electron chi connectivity index (χ4n) is 2.85. The standard InChI is InChI=1S/C18H23N5O4S2/c1-26-13-7-6-12(10-14(13)27-2)19-16(25)20-17-21-22-18(29-17)28-11-15(24)23-8-4-3-5-9-23/h6-7,10H,3-5,8-9,11H2,1-2H3,(H2,19,20,21,25). The van der Waals surface area contributed by atoms with Crippen LogP contribution in [0.15, 0.2) is 22.5 Å². The number of nitrogens with one attached hydrogen (secondary N) is 2. The average Bonchev–Trinajstić information content (AvgIpc) is 3.19. The zero-order chi connectivity index (χ0) is 20.6. The molecule has 1 aliphatic heterocycles. The number of likely N-dealkylation sites (tertiary alicyclic amines) is 1. The number of hydrogen-bond donors (Lipinski definition) is 2. The summed E-state index contributed by atoms with van der Waals surface area (Å²) in [6.07, 6.45) is 3.32. The molecule has 9 nitrogen and oxygen atoms in total. The van der Waals surface area contributed by atoms with Gasteiger partial charge in [-0.1, -0.05) is 23.1 Å². The van der Waals surface area contributed by atoms with Crippen LogP contribution in [-0.2, 0) is 4.79 Å². The maximum absolute atomic E-state index is 12.2. The van der Waals surface area contributed by atoms with Gasteiger partial charge in [-0.05, 0) is 31.4 Å². The number of anilines is 2. The minimum Gasteiger partial charge on any atom is -0.493 e. The van der Waals surface area contributed by atoms with Crippen LogP contribution >= 0.6 is 23.1 Å². The number of rotatable bonds is 7. The molecule has 11 heteroatoms. The summed E-state index contributed by atoms with van der Waals surface area (Å²) in [5.41, 5.74) is 0.548. The lowest BCUT2D eigenvalue weighted by Crippen LogP contribution is -2.36. The topological polar surface area (TPSA) is 106 Å². The van der Waals surface area contributed by atoms with Crippen LogP contribution in [0.25, 0.3) is 0 Å². The number of piperidine rings is 1. The summed E-state index contributed by atoms with van der Waals surface area (Å²) < 4.78 is 11.0. The van der Waals surface area contributed by atoms with Gasteiger partial charge in [-0.15, -0.1) is 10.2 Å². The van der Waals surface area contributed by atoms with Gasteiger partial charge in [0, 0.05) is 24.8 Å². The Morgan fingerprint density at radius 2 is 1.86 bits per heavy atom. The SMILES string of the molecule is COc1ccc(NC(=O)Nc2nnc(SCC(=O)N3CCCCC3)s2)cc1OC. The molecule has 0 atom stereocenters. The Morgan fingerprint density at radius 1 is 1.10 bits per heavy atom. The second-order valence-corrected chi connectivity index (χ2v) is 8.45. The summed E-state index contributed by atoms with van der Waals surface area (Å²) in [7, 11) is 3.07. The highest BCUT2D eigenvalue weighted by Gasteiger charge is 2.18. The molecule has 0 spiro atoms. The summed E-state index contributed by atoms with van der Waals surface area (Å²) in [4.78, 5) is 26.3. The third-order valence-corrected chi connectivity index (χ3v) is 6.25. The highest BCUT2D eigenvalue weighted by atomic mass is 32.2. The van der Waals surface area contributed by atoms with Crippen molar-refractivity contribution in [3.8, 4) is 11.5 Å². The van der Waals surface area contributed by atoms with Gasteiger partial charge in [0.2, 0.25) is 11.0 Å². The number of urea groups is 1. The molecule has 29 heavy (non-hydrogen) atoms. The second kappa shape index (κ2) is 10.3. The molecule has 1 aromatic heterocycles. The number of ether oxygens (including phenoxy) is 2. The lowest BCUT2D eigenvalue weighted by Gasteiger charge is -2.26. The molecule has 1 aromatic carbocycles. The molecule has 0 unspecified atom stereocenters. The Labute approximate surface area is 177 Å². The van der Waals surface area contributed by atoms with E-state index in [-0.39, 0.29) is 5.91 Å². The third kappa shape index (κ3) is 5.97. The van der Waals surface area contributed by atoms with Crippen molar-refractivity contribution >= 4 is 45.9 Å². The number of thioether (sulfide) groups is 1. The quantitative estimate of drug-likeness (QED) is 0.506. The molecule has 2 N–H and O–H groups in total. The highest BCUT2D eigenvalue weighted by Crippen LogP contribution is 2.30. The minimum absolute atomic E-state index is 0.116. The number of amides is 3. The Hall–Kier alpha value is -2.53. The predicted octanol–water partition coefficient (Wildman–Crippen LogP) is 3.30. The minimum atomic E-state index is -0.450. The fraction of sp³-hybridized carbons (Fsp3) is 0.444. The number of carbonyl (C=O) groups excluding carboxylic acids is 2. The number of benzene rings is 1. The largest absolute Gasteiger partial charge is 0.493 e. The lowest BCUT2D eigenvalue weighted by atomic mass is 10.1. The molecule has 0 bridgehead atoms. The van der Waals surface area contributed by atoms with Gasteiger partial charge in [0.15, 0.2) is 15.8 Å². The van der Waals surface area contributed by atoms with E-state index in [1.54, 1.807) is 25.3 Å². The highest BCUT2D eigenvalue weighted by molar-refractivity contribution is 8.01. The van der Waals surface area contributed by atoms with E-state index in [0.717, 1.165) is 25.9 Å². The molecule has 2 aromatic rings. The molecule has 0 saturated carbocycles. The summed E-state index contributed by atoms with van der Waals surface area (Å²) in [5, 5.41) is 13.7. The average molecular weight is 438 g/mol. The van der Waals surface area contributed by atoms with Gasteiger partial charge in [0.25, 0.3) is 0 Å². The van der Waals surface area contributed by atoms with Gasteiger partial charge in [0.1, 0.15) is 0 Å². The van der Waals surface area contributed by atoms with Crippen LogP contribution < -0.4 is 20.1 Å². The lowest BCUT2D eigenvalue weighted by molar-refractivity contribution is -0.129. The smallest absolute Gasteiger partial charge is 0.325 e. The summed E-state index contributed by atoms with van der Waals surface area (Å²) in [6, 6.07) is 4.61. The van der Waals surface area contributed by atoms with Crippen molar-refractivity contribution in [2.75, 3.05) is 43.7 Å². The Morgan fingerprint density at radius 3 is 2.59 bits per heavy atom. The van der Waals surface area contributed by atoms with E-state index >= 15 is 0 Å². The maximum atomic E-state index is 12.2. The number of nitrogens with zero attached hydrogens (tertiary/aromatic N) is 3. The number of carbonyl (C=O) groups is 2. The first kappa shape index (κ1) is 21.2. The summed E-state index contributed by atoms with van der Waals surface area (Å²) in [6.45, 7) is 1.66. The Kier molecular flexibility index (Phi) is 7.53. The van der Waals surface area contributed by atoms with Gasteiger partial charge in [-0.25, -0.2) is 4.79 Å². The van der Waals surface area contributed by atoms with E-state index in [4.69, 9.17) is 9.47 Å². The van der Waals surface area contributed by atoms with Crippen molar-refractivity contribution in [1.29, 1.82) is 0 Å². The second-order valence-electron chi connectivity index (χ2n) is 6.25. The fourth-order valence-corrected chi connectivity index (χ4v) is 4.50. The van der Waals surface area contributed by atoms with Crippen molar-refractivity contribution in [2.24, 2.45) is 0 Å². The zero-order valence-corrected chi connectivity index (χ0v) is 17.9. The maximum Gasteiger partial charge on any atom is 0.325 e. The third-order valence-electron chi connectivity index (χ3n) is 4.30. The normalized spacial score (nSPS) is 13.7. The number of methoxy groups -OCH3 is 2. The Balaban J connectivity index is 1.49. The molecule has 0 aliphatic carbocycles. The number of aromatic nitrogens is 2. The van der Waals surface area contributed by atoms with E-state index < -0.39 is 6.03 Å². The summed E-state index contributed by atoms with van der Waals surface area (Å²) in [5.74, 6) is 1.53. The van der Waals surface area contributed by atoms with Crippen molar-refractivity contribution in [3.05, 3.63) is 18.2 Å². The van der Waals surface area contributed by atoms with Crippen LogP contribution in [0.4, 0.5) is 15.6 Å². The zero-order valence-electron chi connectivity index (χ0n) is 16.3. The van der Waals surface area contributed by atoms with Crippen molar-refractivity contribution in [3.63, 3.8) is 0 Å². The van der Waals surface area contributed by atoms with Gasteiger partial charge < -0.3 is 19.7 Å². The molecular weight excluding hydrogens is 414 g/mol. The first-order valence-electron chi connectivity index (χ1n) is 9.13. The first-order valence-corrected chi connectivity index (χ1v) is 10.9. The molecule has 1 fully saturated rings. The van der Waals surface area contributed by atoms with E-state index in [1.165, 1.54) is 36.6 Å². The monoisotopic (exact) mass is 437 g/mol. The van der Waals surface area contributed by atoms with Gasteiger partial charge >= 0.3 is 6.03 Å². The van der Waals surface area contributed by atoms with E-state index in [2.05, 4.69) is 20.8 Å². The van der Waals surface area contributed by atoms with Crippen molar-refractivity contribution in [2.45, 2.75) is 23.6 Å². The van der Waals surface area contributed by atoms with Crippen LogP contribution in [0.2, 0.25) is 0 Å². The molecule has 3 amide bonds. The van der Waals surface area contributed by atoms with Crippen LogP contribution in [0.5, 0.6) is 11.5 Å². The Bertz CT molecular complexity index is 855.